The number of esters is 1. The predicted molar refractivity (Wildman–Crippen MR) is 80.2 cm³/mol. The number of nitriles is 1. The maximum absolute atomic E-state index is 11.8. The maximum atomic E-state index is 11.8. The van der Waals surface area contributed by atoms with Crippen LogP contribution in [-0.4, -0.2) is 5.97 Å². The van der Waals surface area contributed by atoms with Gasteiger partial charge in [0.05, 0.1) is 18.1 Å². The van der Waals surface area contributed by atoms with E-state index in [0.29, 0.717) is 11.3 Å². The summed E-state index contributed by atoms with van der Waals surface area (Å²) < 4.78 is 5.26. The molecule has 4 nitrogen and oxygen atoms in total. The molecule has 4 heteroatoms. The number of carbonyl (C=O) groups is 1. The Morgan fingerprint density at radius 3 is 2.57 bits per heavy atom. The molecule has 0 aliphatic rings. The highest BCUT2D eigenvalue weighted by Crippen LogP contribution is 2.13. The highest BCUT2D eigenvalue weighted by molar-refractivity contribution is 5.72. The zero-order chi connectivity index (χ0) is 15.2. The van der Waals surface area contributed by atoms with E-state index in [4.69, 9.17) is 15.7 Å². The smallest absolute Gasteiger partial charge is 0.310 e. The van der Waals surface area contributed by atoms with Gasteiger partial charge in [0.25, 0.3) is 0 Å². The summed E-state index contributed by atoms with van der Waals surface area (Å²) in [4.78, 5) is 11.8. The standard InChI is InChI=1S/C17H16N2O2/c1-12-8-14(10-18)2-5-15(12)11-21-17(20)9-13-3-6-16(19)7-4-13/h2-8H,9,11,19H2,1H3. The van der Waals surface area contributed by atoms with E-state index in [1.807, 2.05) is 25.1 Å². The fourth-order valence-electron chi connectivity index (χ4n) is 1.94. The molecular formula is C17H16N2O2. The normalized spacial score (nSPS) is 9.90. The van der Waals surface area contributed by atoms with Gasteiger partial charge in [0.2, 0.25) is 0 Å². The second-order valence-electron chi connectivity index (χ2n) is 4.83. The minimum Gasteiger partial charge on any atom is -0.461 e. The molecule has 0 aliphatic carbocycles. The summed E-state index contributed by atoms with van der Waals surface area (Å²) in [6.45, 7) is 2.11. The number of anilines is 1. The molecule has 0 bridgehead atoms. The molecule has 2 N–H and O–H groups in total. The SMILES string of the molecule is Cc1cc(C#N)ccc1COC(=O)Cc1ccc(N)cc1. The number of nitrogens with zero attached hydrogens (tertiary/aromatic N) is 1. The molecule has 0 aromatic heterocycles. The predicted octanol–water partition coefficient (Wildman–Crippen LogP) is 2.73. The molecule has 0 spiro atoms. The van der Waals surface area contributed by atoms with Crippen molar-refractivity contribution in [1.29, 1.82) is 5.26 Å². The van der Waals surface area contributed by atoms with Crippen LogP contribution in [0.1, 0.15) is 22.3 Å². The van der Waals surface area contributed by atoms with E-state index in [0.717, 1.165) is 16.7 Å². The fraction of sp³-hybridized carbons (Fsp3) is 0.176. The van der Waals surface area contributed by atoms with E-state index in [2.05, 4.69) is 6.07 Å². The highest BCUT2D eigenvalue weighted by atomic mass is 16.5. The van der Waals surface area contributed by atoms with Gasteiger partial charge in [0.1, 0.15) is 6.61 Å². The first-order chi connectivity index (χ1) is 10.1. The summed E-state index contributed by atoms with van der Waals surface area (Å²) in [6, 6.07) is 14.5. The average molecular weight is 280 g/mol. The van der Waals surface area contributed by atoms with Crippen LogP contribution in [0.3, 0.4) is 0 Å². The second kappa shape index (κ2) is 6.58. The Morgan fingerprint density at radius 2 is 1.95 bits per heavy atom. The molecule has 0 saturated heterocycles. The van der Waals surface area contributed by atoms with Crippen molar-refractivity contribution < 1.29 is 9.53 Å². The van der Waals surface area contributed by atoms with Crippen LogP contribution >= 0.6 is 0 Å². The van der Waals surface area contributed by atoms with Crippen LogP contribution in [0.4, 0.5) is 5.69 Å². The van der Waals surface area contributed by atoms with Crippen molar-refractivity contribution in [2.24, 2.45) is 0 Å². The zero-order valence-corrected chi connectivity index (χ0v) is 11.8. The molecule has 0 unspecified atom stereocenters. The van der Waals surface area contributed by atoms with Crippen LogP contribution < -0.4 is 5.73 Å². The van der Waals surface area contributed by atoms with Gasteiger partial charge in [-0.3, -0.25) is 4.79 Å². The van der Waals surface area contributed by atoms with E-state index >= 15 is 0 Å². The molecule has 2 aromatic rings. The van der Waals surface area contributed by atoms with Gasteiger partial charge >= 0.3 is 5.97 Å². The van der Waals surface area contributed by atoms with Crippen LogP contribution in [0.5, 0.6) is 0 Å². The number of aryl methyl sites for hydroxylation is 1. The third-order valence-corrected chi connectivity index (χ3v) is 3.19. The highest BCUT2D eigenvalue weighted by Gasteiger charge is 2.07. The van der Waals surface area contributed by atoms with E-state index < -0.39 is 0 Å². The Kier molecular flexibility index (Phi) is 4.57. The lowest BCUT2D eigenvalue weighted by atomic mass is 10.1. The zero-order valence-electron chi connectivity index (χ0n) is 11.8. The average Bonchev–Trinajstić information content (AvgIpc) is 2.48. The monoisotopic (exact) mass is 280 g/mol. The largest absolute Gasteiger partial charge is 0.461 e. The summed E-state index contributed by atoms with van der Waals surface area (Å²) in [6.07, 6.45) is 0.218. The molecule has 0 saturated carbocycles. The summed E-state index contributed by atoms with van der Waals surface area (Å²) in [7, 11) is 0. The number of nitrogens with two attached hydrogens (primary N) is 1. The second-order valence-corrected chi connectivity index (χ2v) is 4.83. The van der Waals surface area contributed by atoms with E-state index in [1.165, 1.54) is 0 Å². The molecule has 106 valence electrons. The first-order valence-corrected chi connectivity index (χ1v) is 6.58. The quantitative estimate of drug-likeness (QED) is 0.690. The van der Waals surface area contributed by atoms with Crippen molar-refractivity contribution >= 4 is 11.7 Å². The lowest BCUT2D eigenvalue weighted by Gasteiger charge is -2.08. The molecule has 0 amide bonds. The molecule has 2 aromatic carbocycles. The van der Waals surface area contributed by atoms with Crippen molar-refractivity contribution in [3.63, 3.8) is 0 Å². The van der Waals surface area contributed by atoms with E-state index in [-0.39, 0.29) is 19.0 Å². The van der Waals surface area contributed by atoms with Gasteiger partial charge in [-0.25, -0.2) is 0 Å². The van der Waals surface area contributed by atoms with Crippen molar-refractivity contribution in [3.8, 4) is 6.07 Å². The lowest BCUT2D eigenvalue weighted by Crippen LogP contribution is -2.08. The third-order valence-electron chi connectivity index (χ3n) is 3.19. The molecule has 2 rings (SSSR count). The molecule has 0 atom stereocenters. The third kappa shape index (κ3) is 4.08. The van der Waals surface area contributed by atoms with Crippen LogP contribution in [0.2, 0.25) is 0 Å². The van der Waals surface area contributed by atoms with Crippen LogP contribution in [0.25, 0.3) is 0 Å². The molecule has 0 heterocycles. The van der Waals surface area contributed by atoms with Crippen molar-refractivity contribution in [2.75, 3.05) is 5.73 Å². The molecular weight excluding hydrogens is 264 g/mol. The van der Waals surface area contributed by atoms with Gasteiger partial charge in [-0.1, -0.05) is 18.2 Å². The molecule has 0 aliphatic heterocycles. The summed E-state index contributed by atoms with van der Waals surface area (Å²) in [5.41, 5.74) is 9.57. The van der Waals surface area contributed by atoms with Crippen LogP contribution in [-0.2, 0) is 22.6 Å². The maximum Gasteiger partial charge on any atom is 0.310 e. The minimum absolute atomic E-state index is 0.214. The minimum atomic E-state index is -0.288. The number of hydrogen-bond donors (Lipinski definition) is 1. The van der Waals surface area contributed by atoms with E-state index in [1.54, 1.807) is 24.3 Å². The molecule has 21 heavy (non-hydrogen) atoms. The Hall–Kier alpha value is -2.80. The topological polar surface area (TPSA) is 76.1 Å². The van der Waals surface area contributed by atoms with Gasteiger partial charge in [-0.05, 0) is 47.9 Å². The Labute approximate surface area is 123 Å². The Bertz CT molecular complexity index is 685. The van der Waals surface area contributed by atoms with Crippen molar-refractivity contribution in [1.82, 2.24) is 0 Å². The molecule has 0 radical (unpaired) electrons. The van der Waals surface area contributed by atoms with Gasteiger partial charge in [-0.2, -0.15) is 5.26 Å². The van der Waals surface area contributed by atoms with Crippen molar-refractivity contribution in [3.05, 3.63) is 64.7 Å². The fourth-order valence-corrected chi connectivity index (χ4v) is 1.94. The summed E-state index contributed by atoms with van der Waals surface area (Å²) in [5.74, 6) is -0.288. The lowest BCUT2D eigenvalue weighted by molar-refractivity contribution is -0.144. The van der Waals surface area contributed by atoms with Gasteiger partial charge in [-0.15, -0.1) is 0 Å². The first kappa shape index (κ1) is 14.6. The van der Waals surface area contributed by atoms with Gasteiger partial charge in [0, 0.05) is 5.69 Å². The van der Waals surface area contributed by atoms with Gasteiger partial charge in [0.15, 0.2) is 0 Å². The Morgan fingerprint density at radius 1 is 1.24 bits per heavy atom. The number of ether oxygens (including phenoxy) is 1. The number of carbonyl (C=O) groups excluding carboxylic acids is 1. The Balaban J connectivity index is 1.92. The summed E-state index contributed by atoms with van der Waals surface area (Å²) >= 11 is 0. The van der Waals surface area contributed by atoms with Crippen molar-refractivity contribution in [2.45, 2.75) is 20.0 Å². The summed E-state index contributed by atoms with van der Waals surface area (Å²) in [5, 5.41) is 8.81. The number of nitrogen functional groups attached to an aromatic ring is 1. The van der Waals surface area contributed by atoms with E-state index in [9.17, 15) is 4.79 Å². The van der Waals surface area contributed by atoms with Crippen LogP contribution in [0, 0.1) is 18.3 Å². The van der Waals surface area contributed by atoms with Crippen LogP contribution in [0.15, 0.2) is 42.5 Å². The van der Waals surface area contributed by atoms with Gasteiger partial charge < -0.3 is 10.5 Å². The first-order valence-electron chi connectivity index (χ1n) is 6.58. The number of hydrogen-bond acceptors (Lipinski definition) is 4. The number of rotatable bonds is 4. The number of benzene rings is 2. The molecule has 0 fully saturated rings.